The minimum Gasteiger partial charge on any atom is -0.493 e. The molecule has 2 aromatic carbocycles. The minimum absolute atomic E-state index is 0.554. The van der Waals surface area contributed by atoms with Crippen molar-refractivity contribution in [2.45, 2.75) is 26.7 Å². The van der Waals surface area contributed by atoms with Crippen molar-refractivity contribution in [1.82, 2.24) is 9.55 Å². The fourth-order valence-corrected chi connectivity index (χ4v) is 4.60. The van der Waals surface area contributed by atoms with Crippen molar-refractivity contribution in [2.24, 2.45) is 0 Å². The zero-order valence-corrected chi connectivity index (χ0v) is 19.6. The number of nitrogens with zero attached hydrogens (tertiary/aromatic N) is 2. The molecule has 0 atom stereocenters. The first-order chi connectivity index (χ1) is 16.2. The Morgan fingerprint density at radius 2 is 1.85 bits per heavy atom. The van der Waals surface area contributed by atoms with E-state index in [-0.39, 0.29) is 0 Å². The highest BCUT2D eigenvalue weighted by Crippen LogP contribution is 2.24. The number of ether oxygens (including phenoxy) is 1. The predicted octanol–water partition coefficient (Wildman–Crippen LogP) is 7.02. The highest BCUT2D eigenvalue weighted by Gasteiger charge is 2.12. The molecule has 0 saturated heterocycles. The van der Waals surface area contributed by atoms with E-state index in [1.54, 1.807) is 11.3 Å². The average Bonchev–Trinajstić information content (AvgIpc) is 3.56. The Labute approximate surface area is 198 Å². The summed E-state index contributed by atoms with van der Waals surface area (Å²) in [5.41, 5.74) is 5.79. The maximum absolute atomic E-state index is 6.07. The molecule has 0 bridgehead atoms. The smallest absolute Gasteiger partial charge is 0.226 e. The Morgan fingerprint density at radius 3 is 2.67 bits per heavy atom. The lowest BCUT2D eigenvalue weighted by Gasteiger charge is -2.08. The third-order valence-corrected chi connectivity index (χ3v) is 6.59. The molecule has 5 heteroatoms. The molecule has 0 spiro atoms. The van der Waals surface area contributed by atoms with Gasteiger partial charge in [0.2, 0.25) is 5.89 Å². The molecule has 3 heterocycles. The predicted molar refractivity (Wildman–Crippen MR) is 134 cm³/mol. The zero-order valence-electron chi connectivity index (χ0n) is 18.8. The zero-order chi connectivity index (χ0) is 22.6. The number of hydrogen-bond acceptors (Lipinski definition) is 4. The molecular formula is C28H26N2O2S. The SMILES string of the molecule is Cc1cn(-c2cccs2)cc1Cc1cccc(OCCc2nc(-c3ccccc3)oc2C)c1. The molecule has 0 radical (unpaired) electrons. The third kappa shape index (κ3) is 4.94. The van der Waals surface area contributed by atoms with Crippen LogP contribution in [0.3, 0.4) is 0 Å². The average molecular weight is 455 g/mol. The summed E-state index contributed by atoms with van der Waals surface area (Å²) >= 11 is 1.75. The van der Waals surface area contributed by atoms with E-state index in [1.165, 1.54) is 21.7 Å². The Kier molecular flexibility index (Phi) is 6.13. The number of hydrogen-bond donors (Lipinski definition) is 0. The number of benzene rings is 2. The van der Waals surface area contributed by atoms with Gasteiger partial charge in [0.1, 0.15) is 11.5 Å². The Balaban J connectivity index is 1.22. The Bertz CT molecular complexity index is 1330. The van der Waals surface area contributed by atoms with Crippen molar-refractivity contribution in [3.8, 4) is 22.2 Å². The van der Waals surface area contributed by atoms with Gasteiger partial charge in [0.15, 0.2) is 0 Å². The quantitative estimate of drug-likeness (QED) is 0.253. The van der Waals surface area contributed by atoms with Gasteiger partial charge in [0, 0.05) is 24.4 Å². The molecule has 3 aromatic heterocycles. The number of aryl methyl sites for hydroxylation is 2. The topological polar surface area (TPSA) is 40.2 Å². The lowest BCUT2D eigenvalue weighted by atomic mass is 10.0. The summed E-state index contributed by atoms with van der Waals surface area (Å²) in [7, 11) is 0. The lowest BCUT2D eigenvalue weighted by molar-refractivity contribution is 0.319. The van der Waals surface area contributed by atoms with E-state index in [1.807, 2.05) is 43.3 Å². The molecule has 0 fully saturated rings. The van der Waals surface area contributed by atoms with Gasteiger partial charge in [-0.3, -0.25) is 0 Å². The summed E-state index contributed by atoms with van der Waals surface area (Å²) in [5, 5.41) is 3.34. The van der Waals surface area contributed by atoms with Crippen molar-refractivity contribution in [2.75, 3.05) is 6.61 Å². The molecule has 0 N–H and O–H groups in total. The molecule has 0 aliphatic carbocycles. The van der Waals surface area contributed by atoms with Gasteiger partial charge in [-0.15, -0.1) is 11.3 Å². The van der Waals surface area contributed by atoms with Gasteiger partial charge in [0.25, 0.3) is 0 Å². The van der Waals surface area contributed by atoms with E-state index in [0.717, 1.165) is 29.2 Å². The van der Waals surface area contributed by atoms with Crippen molar-refractivity contribution in [3.05, 3.63) is 113 Å². The molecule has 0 aliphatic heterocycles. The van der Waals surface area contributed by atoms with E-state index >= 15 is 0 Å². The van der Waals surface area contributed by atoms with Crippen LogP contribution in [-0.2, 0) is 12.8 Å². The van der Waals surface area contributed by atoms with Crippen molar-refractivity contribution >= 4 is 11.3 Å². The van der Waals surface area contributed by atoms with Gasteiger partial charge in [-0.05, 0) is 78.7 Å². The molecule has 0 amide bonds. The summed E-state index contributed by atoms with van der Waals surface area (Å²) in [6, 6.07) is 22.6. The van der Waals surface area contributed by atoms with Crippen LogP contribution in [0.2, 0.25) is 0 Å². The van der Waals surface area contributed by atoms with Crippen LogP contribution in [0.4, 0.5) is 0 Å². The van der Waals surface area contributed by atoms with Gasteiger partial charge in [-0.25, -0.2) is 4.98 Å². The monoisotopic (exact) mass is 454 g/mol. The van der Waals surface area contributed by atoms with E-state index in [9.17, 15) is 0 Å². The van der Waals surface area contributed by atoms with Crippen molar-refractivity contribution < 1.29 is 9.15 Å². The van der Waals surface area contributed by atoms with Crippen LogP contribution >= 0.6 is 11.3 Å². The molecule has 0 aliphatic rings. The molecule has 33 heavy (non-hydrogen) atoms. The van der Waals surface area contributed by atoms with Crippen LogP contribution in [0.15, 0.2) is 88.9 Å². The van der Waals surface area contributed by atoms with Crippen LogP contribution in [0.1, 0.15) is 28.1 Å². The second-order valence-electron chi connectivity index (χ2n) is 8.14. The summed E-state index contributed by atoms with van der Waals surface area (Å²) < 4.78 is 14.1. The van der Waals surface area contributed by atoms with Crippen LogP contribution in [0.5, 0.6) is 5.75 Å². The second-order valence-corrected chi connectivity index (χ2v) is 9.06. The Hall–Kier alpha value is -3.57. The van der Waals surface area contributed by atoms with Crippen LogP contribution in [0.25, 0.3) is 16.5 Å². The van der Waals surface area contributed by atoms with E-state index in [2.05, 4.69) is 64.6 Å². The molecule has 4 nitrogen and oxygen atoms in total. The fourth-order valence-electron chi connectivity index (χ4n) is 3.92. The van der Waals surface area contributed by atoms with Gasteiger partial charge in [-0.1, -0.05) is 30.3 Å². The molecule has 0 unspecified atom stereocenters. The number of aromatic nitrogens is 2. The normalized spacial score (nSPS) is 11.1. The summed E-state index contributed by atoms with van der Waals surface area (Å²) in [5.74, 6) is 2.39. The highest BCUT2D eigenvalue weighted by atomic mass is 32.1. The lowest BCUT2D eigenvalue weighted by Crippen LogP contribution is -2.03. The van der Waals surface area contributed by atoms with Gasteiger partial charge in [0.05, 0.1) is 17.3 Å². The van der Waals surface area contributed by atoms with Gasteiger partial charge in [-0.2, -0.15) is 0 Å². The second kappa shape index (κ2) is 9.51. The van der Waals surface area contributed by atoms with Crippen LogP contribution in [0, 0.1) is 13.8 Å². The number of rotatable bonds is 8. The summed E-state index contributed by atoms with van der Waals surface area (Å²) in [6.45, 7) is 4.68. The molecule has 0 saturated carbocycles. The van der Waals surface area contributed by atoms with Crippen molar-refractivity contribution in [1.29, 1.82) is 0 Å². The molecule has 5 aromatic rings. The maximum atomic E-state index is 6.07. The summed E-state index contributed by atoms with van der Waals surface area (Å²) in [4.78, 5) is 4.67. The molecular weight excluding hydrogens is 428 g/mol. The van der Waals surface area contributed by atoms with Gasteiger partial charge >= 0.3 is 0 Å². The standard InChI is InChI=1S/C28H26N2O2S/c1-20-18-30(27-12-7-15-33-27)19-24(20)16-22-8-6-11-25(17-22)31-14-13-26-21(2)32-28(29-26)23-9-4-3-5-10-23/h3-12,15,17-19H,13-14,16H2,1-2H3. The van der Waals surface area contributed by atoms with Crippen molar-refractivity contribution in [3.63, 3.8) is 0 Å². The third-order valence-electron chi connectivity index (χ3n) is 5.71. The van der Waals surface area contributed by atoms with Crippen LogP contribution < -0.4 is 4.74 Å². The van der Waals surface area contributed by atoms with E-state index in [0.29, 0.717) is 18.9 Å². The van der Waals surface area contributed by atoms with E-state index in [4.69, 9.17) is 9.15 Å². The first-order valence-electron chi connectivity index (χ1n) is 11.1. The number of thiophene rings is 1. The Morgan fingerprint density at radius 1 is 0.970 bits per heavy atom. The first kappa shape index (κ1) is 21.3. The van der Waals surface area contributed by atoms with Gasteiger partial charge < -0.3 is 13.7 Å². The maximum Gasteiger partial charge on any atom is 0.226 e. The summed E-state index contributed by atoms with van der Waals surface area (Å²) in [6.07, 6.45) is 6.01. The largest absolute Gasteiger partial charge is 0.493 e. The molecule has 166 valence electrons. The highest BCUT2D eigenvalue weighted by molar-refractivity contribution is 7.12. The minimum atomic E-state index is 0.554. The van der Waals surface area contributed by atoms with E-state index < -0.39 is 0 Å². The first-order valence-corrected chi connectivity index (χ1v) is 12.0. The molecule has 5 rings (SSSR count). The number of oxazole rings is 1. The van der Waals surface area contributed by atoms with Crippen LogP contribution in [-0.4, -0.2) is 16.2 Å². The fraction of sp³-hybridized carbons (Fsp3) is 0.179.